The van der Waals surface area contributed by atoms with Crippen LogP contribution in [0.4, 0.5) is 0 Å². The summed E-state index contributed by atoms with van der Waals surface area (Å²) in [5.74, 6) is 0.569. The fraction of sp³-hybridized carbons (Fsp3) is 0.235. The summed E-state index contributed by atoms with van der Waals surface area (Å²) in [5, 5.41) is 9.00. The maximum Gasteiger partial charge on any atom is 0.133 e. The maximum atomic E-state index is 11.8. The molecule has 0 saturated carbocycles. The topological polar surface area (TPSA) is 72.1 Å². The average Bonchev–Trinajstić information content (AvgIpc) is 2.58. The van der Waals surface area contributed by atoms with Crippen LogP contribution in [-0.2, 0) is 11.4 Å². The molecule has 112 valence electrons. The van der Waals surface area contributed by atoms with Crippen LogP contribution >= 0.6 is 0 Å². The van der Waals surface area contributed by atoms with Gasteiger partial charge in [0.2, 0.25) is 0 Å². The van der Waals surface area contributed by atoms with Crippen LogP contribution < -0.4 is 0 Å². The Morgan fingerprint density at radius 3 is 3.00 bits per heavy atom. The third kappa shape index (κ3) is 4.42. The van der Waals surface area contributed by atoms with Gasteiger partial charge in [-0.05, 0) is 30.2 Å². The lowest BCUT2D eigenvalue weighted by Crippen LogP contribution is -2.03. The minimum absolute atomic E-state index is 0.569. The number of nitrogens with zero attached hydrogens (tertiary/aromatic N) is 3. The van der Waals surface area contributed by atoms with E-state index in [4.69, 9.17) is 5.26 Å². The Kier molecular flexibility index (Phi) is 6.13. The first-order valence-corrected chi connectivity index (χ1v) is 8.40. The van der Waals surface area contributed by atoms with Crippen LogP contribution in [0.5, 0.6) is 0 Å². The Balaban J connectivity index is 2.27. The lowest BCUT2D eigenvalue weighted by molar-refractivity contribution is 0.594. The molecule has 2 aromatic rings. The van der Waals surface area contributed by atoms with Crippen LogP contribution in [0.2, 0.25) is 0 Å². The van der Waals surface area contributed by atoms with Crippen molar-refractivity contribution in [2.24, 2.45) is 4.40 Å². The predicted octanol–water partition coefficient (Wildman–Crippen LogP) is 3.50. The van der Waals surface area contributed by atoms with E-state index in [0.29, 0.717) is 17.0 Å². The van der Waals surface area contributed by atoms with Crippen molar-refractivity contribution in [1.82, 2.24) is 4.98 Å². The normalized spacial score (nSPS) is 12.2. The summed E-state index contributed by atoms with van der Waals surface area (Å²) in [4.78, 5) is 4.30. The number of unbranched alkanes of at least 4 members (excludes halogenated alkanes) is 1. The SMILES string of the molecule is CCCC[S@+]([O-])/N=C\c1ncccc1-c1cccc(C#N)c1. The minimum atomic E-state index is -1.21. The van der Waals surface area contributed by atoms with E-state index >= 15 is 0 Å². The van der Waals surface area contributed by atoms with Crippen LogP contribution in [0.25, 0.3) is 11.1 Å². The zero-order chi connectivity index (χ0) is 15.8. The van der Waals surface area contributed by atoms with Gasteiger partial charge < -0.3 is 4.55 Å². The van der Waals surface area contributed by atoms with E-state index in [9.17, 15) is 4.55 Å². The number of nitriles is 1. The van der Waals surface area contributed by atoms with Crippen molar-refractivity contribution in [3.05, 3.63) is 53.9 Å². The number of hydrogen-bond donors (Lipinski definition) is 0. The fourth-order valence-electron chi connectivity index (χ4n) is 1.95. The Hall–Kier alpha value is -2.16. The summed E-state index contributed by atoms with van der Waals surface area (Å²) in [7, 11) is 0. The molecule has 0 amide bonds. The van der Waals surface area contributed by atoms with Crippen molar-refractivity contribution in [2.75, 3.05) is 5.75 Å². The molecule has 4 nitrogen and oxygen atoms in total. The third-order valence-electron chi connectivity index (χ3n) is 3.11. The van der Waals surface area contributed by atoms with Gasteiger partial charge in [0.25, 0.3) is 0 Å². The second-order valence-electron chi connectivity index (χ2n) is 4.74. The van der Waals surface area contributed by atoms with Gasteiger partial charge in [0, 0.05) is 11.8 Å². The number of aromatic nitrogens is 1. The Morgan fingerprint density at radius 1 is 1.36 bits per heavy atom. The second kappa shape index (κ2) is 8.32. The quantitative estimate of drug-likeness (QED) is 0.605. The predicted molar refractivity (Wildman–Crippen MR) is 89.9 cm³/mol. The molecule has 5 heteroatoms. The summed E-state index contributed by atoms with van der Waals surface area (Å²) in [6, 6.07) is 13.2. The van der Waals surface area contributed by atoms with Crippen molar-refractivity contribution in [3.8, 4) is 17.2 Å². The van der Waals surface area contributed by atoms with Crippen LogP contribution in [0.3, 0.4) is 0 Å². The molecule has 0 N–H and O–H groups in total. The number of benzene rings is 1. The zero-order valence-electron chi connectivity index (χ0n) is 12.4. The first kappa shape index (κ1) is 16.2. The van der Waals surface area contributed by atoms with E-state index in [1.54, 1.807) is 18.5 Å². The van der Waals surface area contributed by atoms with Crippen molar-refractivity contribution in [3.63, 3.8) is 0 Å². The van der Waals surface area contributed by atoms with E-state index in [2.05, 4.69) is 22.4 Å². The fourth-order valence-corrected chi connectivity index (χ4v) is 2.81. The van der Waals surface area contributed by atoms with E-state index < -0.39 is 11.4 Å². The van der Waals surface area contributed by atoms with Gasteiger partial charge in [-0.2, -0.15) is 5.26 Å². The molecule has 0 aliphatic heterocycles. The molecule has 0 bridgehead atoms. The Labute approximate surface area is 133 Å². The number of pyridine rings is 1. The highest BCUT2D eigenvalue weighted by atomic mass is 32.2. The highest BCUT2D eigenvalue weighted by Crippen LogP contribution is 2.22. The summed E-state index contributed by atoms with van der Waals surface area (Å²) in [6.45, 7) is 2.06. The van der Waals surface area contributed by atoms with Crippen LogP contribution in [0.1, 0.15) is 31.0 Å². The van der Waals surface area contributed by atoms with Gasteiger partial charge in [-0.1, -0.05) is 35.9 Å². The zero-order valence-corrected chi connectivity index (χ0v) is 13.2. The standard InChI is InChI=1S/C17H17N3OS/c1-2-3-10-22(21)20-13-17-16(8-5-9-19-17)15-7-4-6-14(11-15)12-18/h4-9,11,13H,2-3,10H2,1H3/b20-13-/t22-/m0/s1. The summed E-state index contributed by atoms with van der Waals surface area (Å²) < 4.78 is 15.8. The molecule has 22 heavy (non-hydrogen) atoms. The molecule has 0 unspecified atom stereocenters. The van der Waals surface area contributed by atoms with Gasteiger partial charge >= 0.3 is 0 Å². The lowest BCUT2D eigenvalue weighted by atomic mass is 10.0. The summed E-state index contributed by atoms with van der Waals surface area (Å²) in [6.07, 6.45) is 5.12. The van der Waals surface area contributed by atoms with Gasteiger partial charge in [-0.15, -0.1) is 0 Å². The summed E-state index contributed by atoms with van der Waals surface area (Å²) >= 11 is -1.21. The van der Waals surface area contributed by atoms with Gasteiger partial charge in [0.05, 0.1) is 28.7 Å². The Morgan fingerprint density at radius 2 is 2.23 bits per heavy atom. The molecule has 0 fully saturated rings. The van der Waals surface area contributed by atoms with Crippen molar-refractivity contribution >= 4 is 17.6 Å². The molecule has 1 heterocycles. The highest BCUT2D eigenvalue weighted by molar-refractivity contribution is 7.90. The van der Waals surface area contributed by atoms with Crippen molar-refractivity contribution in [1.29, 1.82) is 5.26 Å². The van der Waals surface area contributed by atoms with Crippen LogP contribution in [0.15, 0.2) is 47.0 Å². The van der Waals surface area contributed by atoms with Crippen molar-refractivity contribution in [2.45, 2.75) is 19.8 Å². The highest BCUT2D eigenvalue weighted by Gasteiger charge is 2.07. The summed E-state index contributed by atoms with van der Waals surface area (Å²) in [5.41, 5.74) is 3.02. The van der Waals surface area contributed by atoms with Gasteiger partial charge in [-0.25, -0.2) is 0 Å². The molecule has 0 aliphatic rings. The monoisotopic (exact) mass is 311 g/mol. The first-order chi connectivity index (χ1) is 10.7. The molecule has 0 spiro atoms. The average molecular weight is 311 g/mol. The molecular formula is C17H17N3OS. The first-order valence-electron chi connectivity index (χ1n) is 7.12. The molecule has 2 rings (SSSR count). The molecule has 1 atom stereocenters. The van der Waals surface area contributed by atoms with E-state index in [0.717, 1.165) is 24.0 Å². The number of hydrogen-bond acceptors (Lipinski definition) is 4. The van der Waals surface area contributed by atoms with Gasteiger partial charge in [0.15, 0.2) is 0 Å². The van der Waals surface area contributed by atoms with E-state index in [1.807, 2.05) is 30.3 Å². The van der Waals surface area contributed by atoms with Crippen molar-refractivity contribution < 1.29 is 4.55 Å². The molecule has 1 aromatic carbocycles. The number of rotatable bonds is 6. The molecule has 1 aromatic heterocycles. The smallest absolute Gasteiger partial charge is 0.133 e. The van der Waals surface area contributed by atoms with Crippen LogP contribution in [-0.4, -0.2) is 21.5 Å². The third-order valence-corrected chi connectivity index (χ3v) is 4.08. The maximum absolute atomic E-state index is 11.8. The lowest BCUT2D eigenvalue weighted by Gasteiger charge is -2.06. The van der Waals surface area contributed by atoms with Gasteiger partial charge in [-0.3, -0.25) is 4.98 Å². The second-order valence-corrected chi connectivity index (χ2v) is 6.00. The molecule has 0 aliphatic carbocycles. The molecule has 0 saturated heterocycles. The van der Waals surface area contributed by atoms with Crippen LogP contribution in [0, 0.1) is 11.3 Å². The molecule has 0 radical (unpaired) electrons. The van der Waals surface area contributed by atoms with E-state index in [1.165, 1.54) is 0 Å². The minimum Gasteiger partial charge on any atom is -0.591 e. The van der Waals surface area contributed by atoms with E-state index in [-0.39, 0.29) is 0 Å². The molecular weight excluding hydrogens is 294 g/mol. The Bertz CT molecular complexity index is 694. The largest absolute Gasteiger partial charge is 0.591 e. The van der Waals surface area contributed by atoms with Gasteiger partial charge in [0.1, 0.15) is 12.0 Å².